The molecule has 0 bridgehead atoms. The number of nitrogens with zero attached hydrogens (tertiary/aromatic N) is 1. The minimum absolute atomic E-state index is 0.136. The van der Waals surface area contributed by atoms with Gasteiger partial charge in [0.05, 0.1) is 37.7 Å². The topological polar surface area (TPSA) is 87.4 Å². The van der Waals surface area contributed by atoms with E-state index in [1.54, 1.807) is 19.2 Å². The molecule has 0 aliphatic carbocycles. The number of hydrazone groups is 1. The van der Waals surface area contributed by atoms with E-state index in [-0.39, 0.29) is 5.56 Å². The largest absolute Gasteiger partial charge is 0.545 e. The van der Waals surface area contributed by atoms with Crippen molar-refractivity contribution in [3.05, 3.63) is 59.2 Å². The van der Waals surface area contributed by atoms with E-state index >= 15 is 0 Å². The first-order chi connectivity index (χ1) is 13.6. The number of methoxy groups -OCH3 is 1. The molecule has 0 saturated carbocycles. The molecule has 0 aromatic heterocycles. The Morgan fingerprint density at radius 1 is 1.18 bits per heavy atom. The van der Waals surface area contributed by atoms with E-state index in [0.29, 0.717) is 5.69 Å². The number of benzene rings is 2. The SMILES string of the molecule is COc1ccc(/C(C)=N\Nc2ccc(C(=O)[O-])cc2)cc1C[NH+]1CCOCC1. The second-order valence-electron chi connectivity index (χ2n) is 6.74. The van der Waals surface area contributed by atoms with Crippen LogP contribution in [0, 0.1) is 0 Å². The number of anilines is 1. The zero-order chi connectivity index (χ0) is 19.9. The van der Waals surface area contributed by atoms with Crippen LogP contribution in [0.3, 0.4) is 0 Å². The lowest BCUT2D eigenvalue weighted by Gasteiger charge is -2.24. The smallest absolute Gasteiger partial charge is 0.127 e. The quantitative estimate of drug-likeness (QED) is 0.531. The monoisotopic (exact) mass is 383 g/mol. The molecule has 1 heterocycles. The highest BCUT2D eigenvalue weighted by Crippen LogP contribution is 2.20. The van der Waals surface area contributed by atoms with Crippen LogP contribution in [0.4, 0.5) is 5.69 Å². The predicted octanol–water partition coefficient (Wildman–Crippen LogP) is 0.310. The number of carbonyl (C=O) groups excluding carboxylic acids is 1. The number of carboxylic acid groups (broad SMARTS) is 1. The van der Waals surface area contributed by atoms with Gasteiger partial charge in [-0.05, 0) is 48.4 Å². The molecule has 1 aliphatic heterocycles. The summed E-state index contributed by atoms with van der Waals surface area (Å²) in [5.41, 5.74) is 6.77. The van der Waals surface area contributed by atoms with Gasteiger partial charge in [0.15, 0.2) is 0 Å². The zero-order valence-corrected chi connectivity index (χ0v) is 16.2. The average molecular weight is 383 g/mol. The second kappa shape index (κ2) is 9.34. The Hall–Kier alpha value is -2.90. The minimum Gasteiger partial charge on any atom is -0.545 e. The molecule has 7 nitrogen and oxygen atoms in total. The first-order valence-electron chi connectivity index (χ1n) is 9.27. The molecule has 0 amide bonds. The van der Waals surface area contributed by atoms with Gasteiger partial charge in [0.25, 0.3) is 0 Å². The van der Waals surface area contributed by atoms with Gasteiger partial charge >= 0.3 is 0 Å². The fourth-order valence-corrected chi connectivity index (χ4v) is 3.14. The van der Waals surface area contributed by atoms with E-state index < -0.39 is 5.97 Å². The van der Waals surface area contributed by atoms with Gasteiger partial charge in [0.2, 0.25) is 0 Å². The van der Waals surface area contributed by atoms with Gasteiger partial charge in [-0.15, -0.1) is 0 Å². The van der Waals surface area contributed by atoms with Gasteiger partial charge in [-0.25, -0.2) is 0 Å². The summed E-state index contributed by atoms with van der Waals surface area (Å²) in [4.78, 5) is 12.3. The fourth-order valence-electron chi connectivity index (χ4n) is 3.14. The van der Waals surface area contributed by atoms with Crippen molar-refractivity contribution >= 4 is 17.4 Å². The lowest BCUT2D eigenvalue weighted by molar-refractivity contribution is -0.921. The maximum atomic E-state index is 10.8. The summed E-state index contributed by atoms with van der Waals surface area (Å²) in [5.74, 6) is -0.319. The number of hydrogen-bond acceptors (Lipinski definition) is 6. The molecule has 148 valence electrons. The molecular weight excluding hydrogens is 358 g/mol. The Labute approximate surface area is 164 Å². The first kappa shape index (κ1) is 19.9. The molecule has 0 radical (unpaired) electrons. The number of morpholine rings is 1. The van der Waals surface area contributed by atoms with Crippen LogP contribution < -0.4 is 20.2 Å². The van der Waals surface area contributed by atoms with Gasteiger partial charge in [-0.2, -0.15) is 5.10 Å². The predicted molar refractivity (Wildman–Crippen MR) is 105 cm³/mol. The van der Waals surface area contributed by atoms with Crippen molar-refractivity contribution in [3.8, 4) is 5.75 Å². The van der Waals surface area contributed by atoms with Crippen molar-refractivity contribution in [2.75, 3.05) is 38.8 Å². The van der Waals surface area contributed by atoms with Crippen molar-refractivity contribution < 1.29 is 24.3 Å². The van der Waals surface area contributed by atoms with Crippen molar-refractivity contribution in [2.45, 2.75) is 13.5 Å². The lowest BCUT2D eigenvalue weighted by atomic mass is 10.1. The summed E-state index contributed by atoms with van der Waals surface area (Å²) in [6.45, 7) is 6.37. The third kappa shape index (κ3) is 5.09. The Morgan fingerprint density at radius 2 is 1.86 bits per heavy atom. The van der Waals surface area contributed by atoms with Crippen molar-refractivity contribution in [1.29, 1.82) is 0 Å². The number of hydrogen-bond donors (Lipinski definition) is 2. The third-order valence-corrected chi connectivity index (χ3v) is 4.81. The molecule has 2 aromatic rings. The molecule has 1 saturated heterocycles. The van der Waals surface area contributed by atoms with Crippen LogP contribution in [0.15, 0.2) is 47.6 Å². The number of carboxylic acids is 1. The van der Waals surface area contributed by atoms with E-state index in [2.05, 4.69) is 16.6 Å². The lowest BCUT2D eigenvalue weighted by Crippen LogP contribution is -3.12. The van der Waals surface area contributed by atoms with Crippen LogP contribution in [0.2, 0.25) is 0 Å². The van der Waals surface area contributed by atoms with Crippen molar-refractivity contribution in [1.82, 2.24) is 0 Å². The van der Waals surface area contributed by atoms with Gasteiger partial charge in [-0.1, -0.05) is 12.1 Å². The van der Waals surface area contributed by atoms with Crippen molar-refractivity contribution in [2.24, 2.45) is 5.10 Å². The normalized spacial score (nSPS) is 15.3. The summed E-state index contributed by atoms with van der Waals surface area (Å²) in [7, 11) is 1.69. The first-order valence-corrected chi connectivity index (χ1v) is 9.27. The summed E-state index contributed by atoms with van der Waals surface area (Å²) < 4.78 is 11.0. The van der Waals surface area contributed by atoms with Gasteiger partial charge in [0, 0.05) is 5.56 Å². The number of aromatic carboxylic acids is 1. The van der Waals surface area contributed by atoms with E-state index in [4.69, 9.17) is 9.47 Å². The highest BCUT2D eigenvalue weighted by atomic mass is 16.5. The Balaban J connectivity index is 1.72. The number of carbonyl (C=O) groups is 1. The molecule has 1 fully saturated rings. The summed E-state index contributed by atoms with van der Waals surface area (Å²) >= 11 is 0. The molecular formula is C21H25N3O4. The van der Waals surface area contributed by atoms with Crippen LogP contribution >= 0.6 is 0 Å². The molecule has 2 N–H and O–H groups in total. The number of quaternary nitrogens is 1. The summed E-state index contributed by atoms with van der Waals surface area (Å²) in [5, 5.41) is 15.2. The summed E-state index contributed by atoms with van der Waals surface area (Å²) in [6, 6.07) is 12.3. The Bertz CT molecular complexity index is 843. The van der Waals surface area contributed by atoms with Gasteiger partial charge in [-0.3, -0.25) is 5.43 Å². The van der Waals surface area contributed by atoms with Crippen molar-refractivity contribution in [3.63, 3.8) is 0 Å². The molecule has 0 unspecified atom stereocenters. The van der Waals surface area contributed by atoms with Crippen LogP contribution in [0.1, 0.15) is 28.4 Å². The second-order valence-corrected chi connectivity index (χ2v) is 6.74. The maximum Gasteiger partial charge on any atom is 0.127 e. The highest BCUT2D eigenvalue weighted by Gasteiger charge is 2.17. The minimum atomic E-state index is -1.20. The van der Waals surface area contributed by atoms with Crippen LogP contribution in [-0.4, -0.2) is 45.1 Å². The van der Waals surface area contributed by atoms with E-state index in [0.717, 1.165) is 55.4 Å². The van der Waals surface area contributed by atoms with Crippen LogP contribution in [-0.2, 0) is 11.3 Å². The fraction of sp³-hybridized carbons (Fsp3) is 0.333. The molecule has 1 aliphatic rings. The van der Waals surface area contributed by atoms with E-state index in [1.165, 1.54) is 17.0 Å². The van der Waals surface area contributed by atoms with Crippen LogP contribution in [0.5, 0.6) is 5.75 Å². The molecule has 28 heavy (non-hydrogen) atoms. The Morgan fingerprint density at radius 3 is 2.50 bits per heavy atom. The third-order valence-electron chi connectivity index (χ3n) is 4.81. The average Bonchev–Trinajstić information content (AvgIpc) is 2.73. The van der Waals surface area contributed by atoms with Crippen LogP contribution in [0.25, 0.3) is 0 Å². The summed E-state index contributed by atoms with van der Waals surface area (Å²) in [6.07, 6.45) is 0. The number of rotatable bonds is 7. The number of nitrogens with one attached hydrogen (secondary N) is 2. The van der Waals surface area contributed by atoms with Gasteiger partial charge in [0.1, 0.15) is 25.4 Å². The molecule has 0 spiro atoms. The molecule has 3 rings (SSSR count). The highest BCUT2D eigenvalue weighted by molar-refractivity contribution is 5.99. The molecule has 2 aromatic carbocycles. The number of ether oxygens (including phenoxy) is 2. The molecule has 0 atom stereocenters. The van der Waals surface area contributed by atoms with E-state index in [9.17, 15) is 9.90 Å². The maximum absolute atomic E-state index is 10.8. The Kier molecular flexibility index (Phi) is 6.62. The standard InChI is InChI=1S/C21H25N3O4/c1-15(22-23-19-6-3-16(4-7-19)21(25)26)17-5-8-20(27-2)18(13-17)14-24-9-11-28-12-10-24/h3-8,13,23H,9-12,14H2,1-2H3,(H,25,26)/b22-15-. The molecule has 7 heteroatoms. The van der Waals surface area contributed by atoms with E-state index in [1.807, 2.05) is 19.1 Å². The van der Waals surface area contributed by atoms with Gasteiger partial charge < -0.3 is 24.3 Å². The zero-order valence-electron chi connectivity index (χ0n) is 16.2.